The van der Waals surface area contributed by atoms with Crippen molar-refractivity contribution >= 4 is 21.7 Å². The maximum absolute atomic E-state index is 12.5. The highest BCUT2D eigenvalue weighted by Crippen LogP contribution is 2.25. The Hall–Kier alpha value is -2.54. The van der Waals surface area contributed by atoms with Gasteiger partial charge in [0.25, 0.3) is 10.0 Å². The third kappa shape index (κ3) is 3.62. The maximum atomic E-state index is 12.5. The van der Waals surface area contributed by atoms with Crippen molar-refractivity contribution in [1.29, 1.82) is 0 Å². The number of nitrogens with one attached hydrogen (secondary N) is 1. The minimum Gasteiger partial charge on any atom is -0.497 e. The lowest BCUT2D eigenvalue weighted by Gasteiger charge is -2.14. The van der Waals surface area contributed by atoms with E-state index in [1.54, 1.807) is 31.2 Å². The Balaban J connectivity index is 2.42. The molecule has 0 amide bonds. The van der Waals surface area contributed by atoms with Gasteiger partial charge in [0, 0.05) is 0 Å². The second-order valence-electron chi connectivity index (χ2n) is 4.77. The van der Waals surface area contributed by atoms with Gasteiger partial charge in [0.05, 0.1) is 30.4 Å². The summed E-state index contributed by atoms with van der Waals surface area (Å²) in [6.45, 7) is 1.71. The molecule has 23 heavy (non-hydrogen) atoms. The van der Waals surface area contributed by atoms with Crippen LogP contribution in [0.5, 0.6) is 5.75 Å². The van der Waals surface area contributed by atoms with Gasteiger partial charge in [-0.15, -0.1) is 0 Å². The average molecular weight is 335 g/mol. The van der Waals surface area contributed by atoms with Crippen LogP contribution in [-0.4, -0.2) is 28.6 Å². The minimum atomic E-state index is -3.84. The molecule has 0 aliphatic rings. The molecule has 0 saturated heterocycles. The van der Waals surface area contributed by atoms with E-state index in [2.05, 4.69) is 4.72 Å². The van der Waals surface area contributed by atoms with Crippen LogP contribution in [0.15, 0.2) is 47.4 Å². The normalized spacial score (nSPS) is 10.9. The second-order valence-corrected chi connectivity index (χ2v) is 6.45. The number of hydrogen-bond acceptors (Lipinski definition) is 5. The molecule has 2 aromatic carbocycles. The molecule has 0 heterocycles. The third-order valence-electron chi connectivity index (χ3n) is 3.28. The number of esters is 1. The first kappa shape index (κ1) is 16.8. The zero-order chi connectivity index (χ0) is 17.0. The van der Waals surface area contributed by atoms with Crippen LogP contribution in [0.2, 0.25) is 0 Å². The van der Waals surface area contributed by atoms with Gasteiger partial charge in [-0.05, 0) is 42.8 Å². The van der Waals surface area contributed by atoms with Gasteiger partial charge in [-0.1, -0.05) is 12.1 Å². The zero-order valence-electron chi connectivity index (χ0n) is 13.0. The van der Waals surface area contributed by atoms with Gasteiger partial charge in [-0.2, -0.15) is 0 Å². The lowest BCUT2D eigenvalue weighted by Crippen LogP contribution is -2.17. The number of methoxy groups -OCH3 is 2. The highest BCUT2D eigenvalue weighted by atomic mass is 32.2. The van der Waals surface area contributed by atoms with Gasteiger partial charge < -0.3 is 9.47 Å². The van der Waals surface area contributed by atoms with Gasteiger partial charge in [0.2, 0.25) is 0 Å². The molecule has 6 nitrogen and oxygen atoms in total. The van der Waals surface area contributed by atoms with Crippen LogP contribution in [-0.2, 0) is 14.8 Å². The molecule has 0 aliphatic carbocycles. The summed E-state index contributed by atoms with van der Waals surface area (Å²) in [6, 6.07) is 10.8. The first-order valence-corrected chi connectivity index (χ1v) is 8.22. The number of para-hydroxylation sites is 1. The fourth-order valence-electron chi connectivity index (χ4n) is 2.03. The molecule has 0 aromatic heterocycles. The number of anilines is 1. The fraction of sp³-hybridized carbons (Fsp3) is 0.188. The van der Waals surface area contributed by atoms with E-state index in [0.717, 1.165) is 0 Å². The highest BCUT2D eigenvalue weighted by Gasteiger charge is 2.20. The molecule has 0 spiro atoms. The molecule has 1 N–H and O–H groups in total. The average Bonchev–Trinajstić information content (AvgIpc) is 2.56. The SMILES string of the molecule is COC(=O)c1cccc(C)c1NS(=O)(=O)c1ccc(OC)cc1. The van der Waals surface area contributed by atoms with Gasteiger partial charge >= 0.3 is 5.97 Å². The summed E-state index contributed by atoms with van der Waals surface area (Å²) in [5.41, 5.74) is 0.977. The number of benzene rings is 2. The van der Waals surface area contributed by atoms with Crippen molar-refractivity contribution in [2.45, 2.75) is 11.8 Å². The lowest BCUT2D eigenvalue weighted by atomic mass is 10.1. The van der Waals surface area contributed by atoms with Crippen molar-refractivity contribution in [3.63, 3.8) is 0 Å². The molecular weight excluding hydrogens is 318 g/mol. The van der Waals surface area contributed by atoms with Crippen LogP contribution in [0.3, 0.4) is 0 Å². The minimum absolute atomic E-state index is 0.0670. The predicted octanol–water partition coefficient (Wildman–Crippen LogP) is 2.59. The Morgan fingerprint density at radius 3 is 2.26 bits per heavy atom. The number of sulfonamides is 1. The number of carbonyl (C=O) groups excluding carboxylic acids is 1. The van der Waals surface area contributed by atoms with Crippen LogP contribution < -0.4 is 9.46 Å². The van der Waals surface area contributed by atoms with Crippen molar-refractivity contribution in [3.8, 4) is 5.75 Å². The monoisotopic (exact) mass is 335 g/mol. The van der Waals surface area contributed by atoms with Crippen LogP contribution in [0.25, 0.3) is 0 Å². The van der Waals surface area contributed by atoms with Crippen molar-refractivity contribution < 1.29 is 22.7 Å². The van der Waals surface area contributed by atoms with Gasteiger partial charge in [0.1, 0.15) is 5.75 Å². The van der Waals surface area contributed by atoms with Crippen LogP contribution >= 0.6 is 0 Å². The van der Waals surface area contributed by atoms with E-state index < -0.39 is 16.0 Å². The first-order valence-electron chi connectivity index (χ1n) is 6.74. The van der Waals surface area contributed by atoms with E-state index >= 15 is 0 Å². The van der Waals surface area contributed by atoms with E-state index in [1.807, 2.05) is 0 Å². The molecular formula is C16H17NO5S. The van der Waals surface area contributed by atoms with Gasteiger partial charge in [0.15, 0.2) is 0 Å². The maximum Gasteiger partial charge on any atom is 0.340 e. The van der Waals surface area contributed by atoms with Crippen LogP contribution in [0.1, 0.15) is 15.9 Å². The largest absolute Gasteiger partial charge is 0.497 e. The second kappa shape index (κ2) is 6.70. The number of hydrogen-bond donors (Lipinski definition) is 1. The van der Waals surface area contributed by atoms with E-state index in [1.165, 1.54) is 32.4 Å². The molecule has 0 radical (unpaired) electrons. The lowest BCUT2D eigenvalue weighted by molar-refractivity contribution is 0.0602. The molecule has 0 saturated carbocycles. The Labute approximate surface area is 135 Å². The summed E-state index contributed by atoms with van der Waals surface area (Å²) in [4.78, 5) is 11.9. The quantitative estimate of drug-likeness (QED) is 0.849. The number of rotatable bonds is 5. The summed E-state index contributed by atoms with van der Waals surface area (Å²) >= 11 is 0. The first-order chi connectivity index (χ1) is 10.9. The molecule has 2 aromatic rings. The number of ether oxygens (including phenoxy) is 2. The molecule has 0 atom stereocenters. The Morgan fingerprint density at radius 1 is 1.04 bits per heavy atom. The molecule has 7 heteroatoms. The van der Waals surface area contributed by atoms with E-state index in [4.69, 9.17) is 9.47 Å². The van der Waals surface area contributed by atoms with Crippen molar-refractivity contribution in [2.24, 2.45) is 0 Å². The van der Waals surface area contributed by atoms with E-state index in [-0.39, 0.29) is 16.1 Å². The van der Waals surface area contributed by atoms with Gasteiger partial charge in [-0.3, -0.25) is 4.72 Å². The molecule has 0 bridgehead atoms. The summed E-state index contributed by atoms with van der Waals surface area (Å²) in [6.07, 6.45) is 0. The summed E-state index contributed by atoms with van der Waals surface area (Å²) in [5, 5.41) is 0. The molecule has 122 valence electrons. The summed E-state index contributed by atoms with van der Waals surface area (Å²) in [7, 11) is -1.10. The van der Waals surface area contributed by atoms with Crippen molar-refractivity contribution in [1.82, 2.24) is 0 Å². The Kier molecular flexibility index (Phi) is 4.90. The topological polar surface area (TPSA) is 81.7 Å². The van der Waals surface area contributed by atoms with Crippen molar-refractivity contribution in [3.05, 3.63) is 53.6 Å². The molecule has 0 fully saturated rings. The third-order valence-corrected chi connectivity index (χ3v) is 4.65. The Morgan fingerprint density at radius 2 is 1.70 bits per heavy atom. The highest BCUT2D eigenvalue weighted by molar-refractivity contribution is 7.92. The predicted molar refractivity (Wildman–Crippen MR) is 86.3 cm³/mol. The van der Waals surface area contributed by atoms with E-state index in [9.17, 15) is 13.2 Å². The van der Waals surface area contributed by atoms with Crippen LogP contribution in [0, 0.1) is 6.92 Å². The van der Waals surface area contributed by atoms with Crippen LogP contribution in [0.4, 0.5) is 5.69 Å². The van der Waals surface area contributed by atoms with Gasteiger partial charge in [-0.25, -0.2) is 13.2 Å². The summed E-state index contributed by atoms with van der Waals surface area (Å²) < 4.78 is 37.2. The van der Waals surface area contributed by atoms with Crippen molar-refractivity contribution in [2.75, 3.05) is 18.9 Å². The smallest absolute Gasteiger partial charge is 0.340 e. The molecule has 0 aliphatic heterocycles. The van der Waals surface area contributed by atoms with E-state index in [0.29, 0.717) is 11.3 Å². The molecule has 0 unspecified atom stereocenters. The Bertz CT molecular complexity index is 813. The summed E-state index contributed by atoms with van der Waals surface area (Å²) in [5.74, 6) is -0.0591. The fourth-order valence-corrected chi connectivity index (χ4v) is 3.18. The standard InChI is InChI=1S/C16H17NO5S/c1-11-5-4-6-14(16(18)22-3)15(11)17-23(19,20)13-9-7-12(21-2)8-10-13/h4-10,17H,1-3H3. The number of aryl methyl sites for hydroxylation is 1. The zero-order valence-corrected chi connectivity index (χ0v) is 13.8. The molecule has 2 rings (SSSR count). The number of carbonyl (C=O) groups is 1.